The molecule has 1 aromatic rings. The molecule has 0 aromatic carbocycles. The van der Waals surface area contributed by atoms with E-state index in [-0.39, 0.29) is 32.7 Å². The number of phosphoric ester groups is 1. The summed E-state index contributed by atoms with van der Waals surface area (Å²) in [5.74, 6) is 1.43. The number of allylic oxidation sites excluding steroid dienone is 8. The zero-order chi connectivity index (χ0) is 45.7. The van der Waals surface area contributed by atoms with Crippen molar-refractivity contribution in [2.45, 2.75) is 181 Å². The number of quaternary nitrogens is 1. The lowest BCUT2D eigenvalue weighted by Crippen LogP contribution is -2.37. The first-order chi connectivity index (χ1) is 29.8. The van der Waals surface area contributed by atoms with Gasteiger partial charge in [0.25, 0.3) is 0 Å². The molecular formula is C50H87NO10P+. The van der Waals surface area contributed by atoms with Crippen LogP contribution in [0.5, 0.6) is 0 Å². The molecule has 1 heterocycles. The van der Waals surface area contributed by atoms with Gasteiger partial charge in [0.2, 0.25) is 0 Å². The Balaban J connectivity index is 2.37. The number of ether oxygens (including phenoxy) is 2. The Morgan fingerprint density at radius 3 is 1.71 bits per heavy atom. The molecule has 0 amide bonds. The van der Waals surface area contributed by atoms with E-state index >= 15 is 0 Å². The molecule has 0 aliphatic carbocycles. The minimum absolute atomic E-state index is 0.00829. The number of carbonyl (C=O) groups excluding carboxylic acids is 2. The predicted molar refractivity (Wildman–Crippen MR) is 252 cm³/mol. The van der Waals surface area contributed by atoms with Gasteiger partial charge in [0.15, 0.2) is 6.10 Å². The van der Waals surface area contributed by atoms with Crippen LogP contribution in [-0.4, -0.2) is 86.6 Å². The number of rotatable bonds is 40. The van der Waals surface area contributed by atoms with Gasteiger partial charge in [-0.05, 0) is 95.6 Å². The molecule has 12 heteroatoms. The second-order valence-electron chi connectivity index (χ2n) is 17.4. The van der Waals surface area contributed by atoms with Crippen molar-refractivity contribution in [3.05, 3.63) is 71.3 Å². The van der Waals surface area contributed by atoms with Crippen LogP contribution < -0.4 is 0 Å². The Morgan fingerprint density at radius 2 is 1.15 bits per heavy atom. The highest BCUT2D eigenvalue weighted by Gasteiger charge is 2.27. The number of aliphatic hydroxyl groups excluding tert-OH is 1. The maximum atomic E-state index is 12.7. The van der Waals surface area contributed by atoms with Gasteiger partial charge in [-0.1, -0.05) is 113 Å². The third-order valence-electron chi connectivity index (χ3n) is 10.6. The van der Waals surface area contributed by atoms with Gasteiger partial charge in [-0.15, -0.1) is 0 Å². The van der Waals surface area contributed by atoms with Crippen molar-refractivity contribution in [3.8, 4) is 0 Å². The van der Waals surface area contributed by atoms with Crippen molar-refractivity contribution in [2.75, 3.05) is 54.1 Å². The van der Waals surface area contributed by atoms with Gasteiger partial charge < -0.3 is 28.4 Å². The van der Waals surface area contributed by atoms with Gasteiger partial charge in [-0.2, -0.15) is 0 Å². The summed E-state index contributed by atoms with van der Waals surface area (Å²) in [7, 11) is 1.40. The second-order valence-corrected chi connectivity index (χ2v) is 18.9. The molecule has 0 aliphatic heterocycles. The molecule has 0 bridgehead atoms. The number of phosphoric acid groups is 1. The third kappa shape index (κ3) is 32.8. The van der Waals surface area contributed by atoms with E-state index in [4.69, 9.17) is 28.0 Å². The number of nitrogens with zero attached hydrogens (tertiary/aromatic N) is 1. The molecular weight excluding hydrogens is 806 g/mol. The number of unbranched alkanes of at least 4 members (excludes halogenated alkanes) is 13. The number of hydrogen-bond donors (Lipinski definition) is 2. The number of aliphatic hydroxyl groups is 1. The molecule has 0 fully saturated rings. The average Bonchev–Trinajstić information content (AvgIpc) is 3.49. The Bertz CT molecular complexity index is 1470. The third-order valence-corrected chi connectivity index (χ3v) is 11.6. The molecule has 2 N–H and O–H groups in total. The van der Waals surface area contributed by atoms with Gasteiger partial charge >= 0.3 is 19.8 Å². The van der Waals surface area contributed by atoms with E-state index in [2.05, 4.69) is 63.3 Å². The zero-order valence-corrected chi connectivity index (χ0v) is 40.7. The Kier molecular flexibility index (Phi) is 33.7. The van der Waals surface area contributed by atoms with E-state index in [1.165, 1.54) is 55.4 Å². The van der Waals surface area contributed by atoms with E-state index in [1.807, 2.05) is 27.2 Å². The molecule has 0 aliphatic rings. The maximum absolute atomic E-state index is 12.7. The van der Waals surface area contributed by atoms with Crippen molar-refractivity contribution in [1.29, 1.82) is 0 Å². The van der Waals surface area contributed by atoms with Crippen LogP contribution in [-0.2, 0) is 45.5 Å². The smallest absolute Gasteiger partial charge is 0.466 e. The minimum Gasteiger partial charge on any atom is -0.466 e. The molecule has 0 saturated heterocycles. The summed E-state index contributed by atoms with van der Waals surface area (Å²) in [6.07, 6.45) is 38.6. The van der Waals surface area contributed by atoms with Crippen LogP contribution in [0.1, 0.15) is 171 Å². The first-order valence-electron chi connectivity index (χ1n) is 23.8. The monoisotopic (exact) mass is 893 g/mol. The van der Waals surface area contributed by atoms with Crippen LogP contribution >= 0.6 is 7.82 Å². The van der Waals surface area contributed by atoms with Crippen LogP contribution in [0, 0.1) is 13.8 Å². The summed E-state index contributed by atoms with van der Waals surface area (Å²) in [5.41, 5.74) is 2.65. The molecule has 356 valence electrons. The van der Waals surface area contributed by atoms with E-state index in [0.717, 1.165) is 89.2 Å². The molecule has 0 radical (unpaired) electrons. The van der Waals surface area contributed by atoms with Gasteiger partial charge in [-0.25, -0.2) is 4.57 Å². The van der Waals surface area contributed by atoms with Crippen molar-refractivity contribution in [2.24, 2.45) is 0 Å². The molecule has 0 saturated carbocycles. The minimum atomic E-state index is -4.41. The lowest BCUT2D eigenvalue weighted by atomic mass is 10.0. The van der Waals surface area contributed by atoms with Crippen molar-refractivity contribution >= 4 is 19.8 Å². The van der Waals surface area contributed by atoms with Crippen molar-refractivity contribution in [1.82, 2.24) is 0 Å². The summed E-state index contributed by atoms with van der Waals surface area (Å²) in [6, 6.07) is 0. The first kappa shape index (κ1) is 57.2. The van der Waals surface area contributed by atoms with E-state index in [1.54, 1.807) is 0 Å². The normalized spacial score (nSPS) is 13.9. The highest BCUT2D eigenvalue weighted by molar-refractivity contribution is 7.47. The lowest BCUT2D eigenvalue weighted by molar-refractivity contribution is -0.870. The summed E-state index contributed by atoms with van der Waals surface area (Å²) >= 11 is 0. The molecule has 62 heavy (non-hydrogen) atoms. The fourth-order valence-corrected chi connectivity index (χ4v) is 7.32. The summed E-state index contributed by atoms with van der Waals surface area (Å²) in [6.45, 7) is 6.66. The van der Waals surface area contributed by atoms with Gasteiger partial charge in [0.1, 0.15) is 31.3 Å². The second kappa shape index (κ2) is 36.5. The fourth-order valence-electron chi connectivity index (χ4n) is 6.58. The van der Waals surface area contributed by atoms with E-state index in [9.17, 15) is 19.0 Å². The van der Waals surface area contributed by atoms with Gasteiger partial charge in [-0.3, -0.25) is 18.6 Å². The average molecular weight is 893 g/mol. The van der Waals surface area contributed by atoms with E-state index < -0.39 is 32.5 Å². The Labute approximate surface area is 376 Å². The molecule has 1 unspecified atom stereocenters. The Hall–Kier alpha value is -2.79. The molecule has 11 nitrogen and oxygen atoms in total. The van der Waals surface area contributed by atoms with Crippen molar-refractivity contribution in [3.63, 3.8) is 0 Å². The van der Waals surface area contributed by atoms with Crippen LogP contribution in [0.4, 0.5) is 0 Å². The summed E-state index contributed by atoms with van der Waals surface area (Å²) in [5, 5.41) is 8.81. The SMILES string of the molecule is CCCCCc1oc(CCCCCCCCCCC(=O)OC[C@H](COP(=O)(O)OCC[N+](C)(C)C)OC(=O)CCC/C=C\C/C=C\C/C=C\C/C=C\CCCCCO)c(C)c1C. The highest BCUT2D eigenvalue weighted by Crippen LogP contribution is 2.43. The zero-order valence-electron chi connectivity index (χ0n) is 39.8. The Morgan fingerprint density at radius 1 is 0.645 bits per heavy atom. The molecule has 0 spiro atoms. The lowest BCUT2D eigenvalue weighted by Gasteiger charge is -2.24. The topological polar surface area (TPSA) is 142 Å². The maximum Gasteiger partial charge on any atom is 0.472 e. The number of esters is 2. The summed E-state index contributed by atoms with van der Waals surface area (Å²) in [4.78, 5) is 35.5. The van der Waals surface area contributed by atoms with Crippen LogP contribution in [0.3, 0.4) is 0 Å². The van der Waals surface area contributed by atoms with Crippen LogP contribution in [0.25, 0.3) is 0 Å². The largest absolute Gasteiger partial charge is 0.472 e. The number of carbonyl (C=O) groups is 2. The van der Waals surface area contributed by atoms with Gasteiger partial charge in [0.05, 0.1) is 27.7 Å². The highest BCUT2D eigenvalue weighted by atomic mass is 31.2. The van der Waals surface area contributed by atoms with Crippen LogP contribution in [0.15, 0.2) is 53.0 Å². The molecule has 1 aromatic heterocycles. The number of hydrogen-bond acceptors (Lipinski definition) is 9. The number of furan rings is 1. The number of aryl methyl sites for hydroxylation is 2. The molecule has 1 rings (SSSR count). The first-order valence-corrected chi connectivity index (χ1v) is 25.3. The van der Waals surface area contributed by atoms with Crippen LogP contribution in [0.2, 0.25) is 0 Å². The van der Waals surface area contributed by atoms with Gasteiger partial charge in [0, 0.05) is 32.3 Å². The summed E-state index contributed by atoms with van der Waals surface area (Å²) < 4.78 is 40.6. The molecule has 2 atom stereocenters. The number of likely N-dealkylation sites (N-methyl/N-ethyl adjacent to an activating group) is 1. The predicted octanol–water partition coefficient (Wildman–Crippen LogP) is 12.1. The van der Waals surface area contributed by atoms with Crippen molar-refractivity contribution < 1.29 is 51.6 Å². The quantitative estimate of drug-likeness (QED) is 0.0215. The van der Waals surface area contributed by atoms with E-state index in [0.29, 0.717) is 30.3 Å². The fraction of sp³-hybridized carbons (Fsp3) is 0.720. The standard InChI is InChI=1S/C50H86NO10P/c1-7-8-30-35-47-44(2)45(3)48(61-47)36-31-26-22-19-20-23-27-32-37-49(53)57-42-46(43-59-62(55,56)58-41-39-51(4,5)6)60-50(54)38-33-28-24-18-16-14-12-10-9-11-13-15-17-21-25-29-34-40-52/h9,11-12,14-15,17-18,24,46,52H,7-8,10,13,16,19-23,25-43H2,1-6H3/p+1/b11-9-,14-12-,17-15-,24-18-/t46-/m1/s1.